The van der Waals surface area contributed by atoms with Gasteiger partial charge in [0, 0.05) is 29.5 Å². The molecule has 0 saturated carbocycles. The van der Waals surface area contributed by atoms with E-state index in [1.54, 1.807) is 18.5 Å². The molecule has 0 spiro atoms. The standard InChI is InChI=1S/C18H19N7O5S4/c1-20-17-22-23-18(34-17)33-6-8-5-32-15-11(14(27)25(15)12(8)16(28)29)21-13(26)10(24-30-2)7-3-9(19)31-4-7/h3-4,11,15H,5-6,19H2,1-2H3,(H,20,22)(H,21,26)(H,28,29)/b24-10-/t11-,15+/m0/s1. The summed E-state index contributed by atoms with van der Waals surface area (Å²) in [6.07, 6.45) is 0. The van der Waals surface area contributed by atoms with Gasteiger partial charge < -0.3 is 26.3 Å². The van der Waals surface area contributed by atoms with Crippen LogP contribution in [0.5, 0.6) is 0 Å². The van der Waals surface area contributed by atoms with Crippen molar-refractivity contribution in [3.63, 3.8) is 0 Å². The van der Waals surface area contributed by atoms with Gasteiger partial charge in [-0.2, -0.15) is 0 Å². The van der Waals surface area contributed by atoms with Crippen LogP contribution in [0.15, 0.2) is 32.2 Å². The van der Waals surface area contributed by atoms with E-state index in [2.05, 4.69) is 26.0 Å². The minimum Gasteiger partial charge on any atom is -0.477 e. The van der Waals surface area contributed by atoms with Crippen LogP contribution in [-0.2, 0) is 19.2 Å². The number of carbonyl (C=O) groups is 3. The Morgan fingerprint density at radius 3 is 2.85 bits per heavy atom. The van der Waals surface area contributed by atoms with Gasteiger partial charge in [0.05, 0.1) is 5.00 Å². The lowest BCUT2D eigenvalue weighted by molar-refractivity contribution is -0.150. The summed E-state index contributed by atoms with van der Waals surface area (Å²) in [6.45, 7) is 0. The molecule has 16 heteroatoms. The molecule has 0 bridgehead atoms. The molecule has 180 valence electrons. The number of nitrogens with one attached hydrogen (secondary N) is 2. The second-order valence-corrected chi connectivity index (χ2v) is 11.1. The summed E-state index contributed by atoms with van der Waals surface area (Å²) in [6, 6.07) is 0.694. The number of carboxylic acids is 1. The molecule has 4 heterocycles. The molecule has 12 nitrogen and oxygen atoms in total. The van der Waals surface area contributed by atoms with Crippen LogP contribution < -0.4 is 16.4 Å². The van der Waals surface area contributed by atoms with Crippen LogP contribution >= 0.6 is 46.2 Å². The number of carbonyl (C=O) groups excluding carboxylic acids is 2. The van der Waals surface area contributed by atoms with Crippen molar-refractivity contribution in [3.05, 3.63) is 28.3 Å². The van der Waals surface area contributed by atoms with Crippen molar-refractivity contribution in [2.45, 2.75) is 15.8 Å². The number of oxime groups is 1. The van der Waals surface area contributed by atoms with E-state index >= 15 is 0 Å². The second-order valence-electron chi connectivity index (χ2n) is 6.89. The Hall–Kier alpha value is -2.82. The molecule has 34 heavy (non-hydrogen) atoms. The van der Waals surface area contributed by atoms with Gasteiger partial charge in [-0.05, 0) is 11.6 Å². The fourth-order valence-corrected chi connectivity index (χ4v) is 7.14. The van der Waals surface area contributed by atoms with E-state index in [9.17, 15) is 19.5 Å². The van der Waals surface area contributed by atoms with E-state index in [1.807, 2.05) is 0 Å². The summed E-state index contributed by atoms with van der Waals surface area (Å²) < 4.78 is 0.688. The Bertz CT molecular complexity index is 1190. The first-order valence-electron chi connectivity index (χ1n) is 9.64. The first-order chi connectivity index (χ1) is 16.3. The van der Waals surface area contributed by atoms with Gasteiger partial charge in [-0.15, -0.1) is 33.3 Å². The Morgan fingerprint density at radius 1 is 1.44 bits per heavy atom. The Labute approximate surface area is 210 Å². The fourth-order valence-electron chi connectivity index (χ4n) is 3.32. The smallest absolute Gasteiger partial charge is 0.352 e. The molecule has 2 aliphatic heterocycles. The first-order valence-corrected chi connectivity index (χ1v) is 13.4. The summed E-state index contributed by atoms with van der Waals surface area (Å²) in [4.78, 5) is 43.8. The van der Waals surface area contributed by atoms with E-state index in [1.165, 1.54) is 58.2 Å². The molecule has 5 N–H and O–H groups in total. The molecule has 2 aromatic rings. The van der Waals surface area contributed by atoms with Crippen LogP contribution in [0.1, 0.15) is 5.56 Å². The average molecular weight is 542 g/mol. The molecule has 0 unspecified atom stereocenters. The largest absolute Gasteiger partial charge is 0.477 e. The maximum atomic E-state index is 12.9. The summed E-state index contributed by atoms with van der Waals surface area (Å²) in [5, 5.41) is 29.4. The number of hydrogen-bond donors (Lipinski definition) is 4. The number of anilines is 2. The molecule has 0 aromatic carbocycles. The third-order valence-electron chi connectivity index (χ3n) is 4.82. The van der Waals surface area contributed by atoms with E-state index in [0.717, 1.165) is 0 Å². The highest BCUT2D eigenvalue weighted by atomic mass is 32.2. The zero-order chi connectivity index (χ0) is 24.4. The first kappa shape index (κ1) is 24.3. The quantitative estimate of drug-likeness (QED) is 0.155. The van der Waals surface area contributed by atoms with E-state index in [4.69, 9.17) is 10.6 Å². The van der Waals surface area contributed by atoms with Crippen molar-refractivity contribution < 1.29 is 24.3 Å². The van der Waals surface area contributed by atoms with Crippen LogP contribution in [-0.4, -0.2) is 80.8 Å². The number of nitrogens with two attached hydrogens (primary N) is 1. The summed E-state index contributed by atoms with van der Waals surface area (Å²) in [5.74, 6) is -1.56. The fraction of sp³-hybridized carbons (Fsp3) is 0.333. The molecular weight excluding hydrogens is 523 g/mol. The Kier molecular flexibility index (Phi) is 7.30. The van der Waals surface area contributed by atoms with Gasteiger partial charge in [-0.3, -0.25) is 14.5 Å². The zero-order valence-corrected chi connectivity index (χ0v) is 21.1. The molecule has 4 rings (SSSR count). The van der Waals surface area contributed by atoms with Gasteiger partial charge in [0.2, 0.25) is 5.13 Å². The average Bonchev–Trinajstić information content (AvgIpc) is 3.47. The number of aliphatic carboxylic acids is 1. The monoisotopic (exact) mass is 541 g/mol. The number of aromatic nitrogens is 2. The summed E-state index contributed by atoms with van der Waals surface area (Å²) >= 11 is 5.34. The topological polar surface area (TPSA) is 172 Å². The molecule has 2 aliphatic rings. The van der Waals surface area contributed by atoms with E-state index in [0.29, 0.717) is 37.1 Å². The number of carboxylic acid groups (broad SMARTS) is 1. The van der Waals surface area contributed by atoms with Crippen LogP contribution in [0.3, 0.4) is 0 Å². The van der Waals surface area contributed by atoms with E-state index < -0.39 is 29.2 Å². The lowest BCUT2D eigenvalue weighted by Gasteiger charge is -2.49. The van der Waals surface area contributed by atoms with Crippen molar-refractivity contribution >= 4 is 79.8 Å². The zero-order valence-electron chi connectivity index (χ0n) is 17.8. The third-order valence-corrected chi connectivity index (χ3v) is 9.08. The van der Waals surface area contributed by atoms with Crippen molar-refractivity contribution in [3.8, 4) is 0 Å². The van der Waals surface area contributed by atoms with Crippen LogP contribution in [0, 0.1) is 0 Å². The van der Waals surface area contributed by atoms with Crippen molar-refractivity contribution in [2.24, 2.45) is 5.16 Å². The van der Waals surface area contributed by atoms with Crippen molar-refractivity contribution in [1.29, 1.82) is 0 Å². The van der Waals surface area contributed by atoms with Gasteiger partial charge in [-0.1, -0.05) is 28.3 Å². The maximum Gasteiger partial charge on any atom is 0.352 e. The molecular formula is C18H19N7O5S4. The van der Waals surface area contributed by atoms with Gasteiger partial charge in [-0.25, -0.2) is 4.79 Å². The van der Waals surface area contributed by atoms with Gasteiger partial charge >= 0.3 is 5.97 Å². The molecule has 2 atom stereocenters. The molecule has 0 radical (unpaired) electrons. The van der Waals surface area contributed by atoms with Gasteiger partial charge in [0.25, 0.3) is 11.8 Å². The second kappa shape index (κ2) is 10.2. The third kappa shape index (κ3) is 4.70. The number of nitrogen functional groups attached to an aromatic ring is 1. The van der Waals surface area contributed by atoms with Crippen LogP contribution in [0.25, 0.3) is 0 Å². The highest BCUT2D eigenvalue weighted by Gasteiger charge is 2.54. The van der Waals surface area contributed by atoms with Crippen LogP contribution in [0.2, 0.25) is 0 Å². The molecule has 2 amide bonds. The lowest BCUT2D eigenvalue weighted by Crippen LogP contribution is -2.71. The number of rotatable bonds is 9. The van der Waals surface area contributed by atoms with Crippen molar-refractivity contribution in [2.75, 3.05) is 36.7 Å². The number of thioether (sulfide) groups is 2. The normalized spacial score (nSPS) is 20.0. The molecule has 1 saturated heterocycles. The number of hydrogen-bond acceptors (Lipinski definition) is 13. The lowest BCUT2D eigenvalue weighted by atomic mass is 10.0. The molecule has 2 aromatic heterocycles. The minimum absolute atomic E-state index is 0.0217. The number of fused-ring (bicyclic) bond motifs is 1. The number of thiophene rings is 1. The van der Waals surface area contributed by atoms with Crippen molar-refractivity contribution in [1.82, 2.24) is 20.4 Å². The Balaban J connectivity index is 1.48. The Morgan fingerprint density at radius 2 is 2.24 bits per heavy atom. The summed E-state index contributed by atoms with van der Waals surface area (Å²) in [5.41, 5.74) is 6.73. The molecule has 0 aliphatic carbocycles. The number of β-lactam (4-membered cyclic amide) rings is 1. The highest BCUT2D eigenvalue weighted by molar-refractivity contribution is 8.01. The SMILES string of the molecule is CNc1nnc(SCC2=C(C(=O)O)N3C(=O)[C@H](NC(=O)/C(=N\OC)c4csc(N)c4)[C@H]3SC2)s1. The van der Waals surface area contributed by atoms with Crippen LogP contribution in [0.4, 0.5) is 10.1 Å². The van der Waals surface area contributed by atoms with Gasteiger partial charge in [0.1, 0.15) is 24.2 Å². The van der Waals surface area contributed by atoms with Gasteiger partial charge in [0.15, 0.2) is 10.1 Å². The predicted octanol–water partition coefficient (Wildman–Crippen LogP) is 1.10. The number of nitrogens with zero attached hydrogens (tertiary/aromatic N) is 4. The summed E-state index contributed by atoms with van der Waals surface area (Å²) in [7, 11) is 3.05. The highest BCUT2D eigenvalue weighted by Crippen LogP contribution is 2.42. The maximum absolute atomic E-state index is 12.9. The number of amides is 2. The minimum atomic E-state index is -1.19. The predicted molar refractivity (Wildman–Crippen MR) is 132 cm³/mol. The van der Waals surface area contributed by atoms with E-state index in [-0.39, 0.29) is 11.4 Å². The molecule has 1 fully saturated rings.